The number of nitrogens with zero attached hydrogens (tertiary/aromatic N) is 4. The number of ether oxygens (including phenoxy) is 1. The van der Waals surface area contributed by atoms with Crippen molar-refractivity contribution in [1.29, 1.82) is 0 Å². The Morgan fingerprint density at radius 1 is 1.06 bits per heavy atom. The Balaban J connectivity index is 1.53. The van der Waals surface area contributed by atoms with Crippen LogP contribution in [0.1, 0.15) is 18.4 Å². The molecule has 2 aromatic carbocycles. The zero-order valence-corrected chi connectivity index (χ0v) is 21.1. The maximum Gasteiger partial charge on any atom is 0.240 e. The number of carbonyl (C=O) groups excluding carboxylic acids is 3. The lowest BCUT2D eigenvalue weighted by Crippen LogP contribution is -2.51. The van der Waals surface area contributed by atoms with Crippen molar-refractivity contribution in [1.82, 2.24) is 14.7 Å². The maximum atomic E-state index is 14.2. The van der Waals surface area contributed by atoms with Crippen LogP contribution in [0.2, 0.25) is 0 Å². The van der Waals surface area contributed by atoms with Crippen molar-refractivity contribution in [2.24, 2.45) is 0 Å². The summed E-state index contributed by atoms with van der Waals surface area (Å²) in [4.78, 5) is 47.1. The molecule has 36 heavy (non-hydrogen) atoms. The number of amides is 3. The summed E-state index contributed by atoms with van der Waals surface area (Å²) >= 11 is 0. The topological polar surface area (TPSA) is 73.4 Å². The highest BCUT2D eigenvalue weighted by Crippen LogP contribution is 2.40. The normalized spacial score (nSPS) is 20.4. The van der Waals surface area contributed by atoms with Crippen LogP contribution in [0.15, 0.2) is 48.5 Å². The van der Waals surface area contributed by atoms with Gasteiger partial charge < -0.3 is 19.4 Å². The molecule has 1 unspecified atom stereocenters. The van der Waals surface area contributed by atoms with Crippen molar-refractivity contribution < 1.29 is 23.5 Å². The standard InChI is InChI=1S/C27H33FN4O4/c1-29(2)11-16-32-25(34)19-27(26(32)35,20-7-6-8-21(28)17-20)18-24(33)31-14-12-30(13-15-31)22-9-4-5-10-23(22)36-3/h4-10,17H,11-16,18-19H2,1-3H3. The summed E-state index contributed by atoms with van der Waals surface area (Å²) in [6.07, 6.45) is -0.316. The predicted octanol–water partition coefficient (Wildman–Crippen LogP) is 2.13. The van der Waals surface area contributed by atoms with Crippen LogP contribution in [-0.4, -0.2) is 92.9 Å². The minimum absolute atomic E-state index is 0.143. The molecule has 0 radical (unpaired) electrons. The summed E-state index contributed by atoms with van der Waals surface area (Å²) < 4.78 is 19.7. The van der Waals surface area contributed by atoms with Crippen molar-refractivity contribution >= 4 is 23.4 Å². The fourth-order valence-corrected chi connectivity index (χ4v) is 5.04. The van der Waals surface area contributed by atoms with Crippen LogP contribution >= 0.6 is 0 Å². The minimum Gasteiger partial charge on any atom is -0.495 e. The molecule has 0 N–H and O–H groups in total. The third kappa shape index (κ3) is 5.06. The van der Waals surface area contributed by atoms with E-state index < -0.39 is 17.1 Å². The lowest BCUT2D eigenvalue weighted by Gasteiger charge is -2.38. The Kier molecular flexibility index (Phi) is 7.59. The Hall–Kier alpha value is -3.46. The monoisotopic (exact) mass is 496 g/mol. The van der Waals surface area contributed by atoms with Gasteiger partial charge in [-0.25, -0.2) is 4.39 Å². The Morgan fingerprint density at radius 3 is 2.44 bits per heavy atom. The van der Waals surface area contributed by atoms with Gasteiger partial charge in [-0.1, -0.05) is 24.3 Å². The van der Waals surface area contributed by atoms with E-state index in [1.807, 2.05) is 43.3 Å². The van der Waals surface area contributed by atoms with Gasteiger partial charge in [-0.2, -0.15) is 0 Å². The highest BCUT2D eigenvalue weighted by molar-refractivity contribution is 6.10. The van der Waals surface area contributed by atoms with Crippen molar-refractivity contribution in [3.63, 3.8) is 0 Å². The molecule has 0 spiro atoms. The van der Waals surface area contributed by atoms with Gasteiger partial charge in [-0.05, 0) is 43.9 Å². The number of halogens is 1. The molecule has 4 rings (SSSR count). The van der Waals surface area contributed by atoms with Crippen LogP contribution in [0.3, 0.4) is 0 Å². The number of hydrogen-bond acceptors (Lipinski definition) is 6. The van der Waals surface area contributed by atoms with Crippen molar-refractivity contribution in [2.45, 2.75) is 18.3 Å². The number of benzene rings is 2. The lowest BCUT2D eigenvalue weighted by molar-refractivity contribution is -0.142. The number of rotatable bonds is 8. The Bertz CT molecular complexity index is 1130. The summed E-state index contributed by atoms with van der Waals surface area (Å²) in [5.74, 6) is -0.706. The van der Waals surface area contributed by atoms with Gasteiger partial charge in [0.15, 0.2) is 0 Å². The van der Waals surface area contributed by atoms with E-state index in [1.54, 1.807) is 18.1 Å². The molecule has 8 nitrogen and oxygen atoms in total. The first-order valence-corrected chi connectivity index (χ1v) is 12.2. The number of likely N-dealkylation sites (N-methyl/N-ethyl adjacent to an activating group) is 1. The average Bonchev–Trinajstić information content (AvgIpc) is 3.12. The number of hydrogen-bond donors (Lipinski definition) is 0. The summed E-state index contributed by atoms with van der Waals surface area (Å²) in [6, 6.07) is 13.5. The van der Waals surface area contributed by atoms with Crippen LogP contribution < -0.4 is 9.64 Å². The number of methoxy groups -OCH3 is 1. The highest BCUT2D eigenvalue weighted by Gasteiger charge is 2.54. The maximum absolute atomic E-state index is 14.2. The van der Waals surface area contributed by atoms with E-state index in [9.17, 15) is 18.8 Å². The quantitative estimate of drug-likeness (QED) is 0.522. The molecule has 0 aromatic heterocycles. The molecule has 2 aliphatic rings. The van der Waals surface area contributed by atoms with Gasteiger partial charge in [-0.15, -0.1) is 0 Å². The zero-order chi connectivity index (χ0) is 25.9. The number of anilines is 1. The van der Waals surface area contributed by atoms with Gasteiger partial charge in [0.25, 0.3) is 0 Å². The largest absolute Gasteiger partial charge is 0.495 e. The molecule has 9 heteroatoms. The zero-order valence-electron chi connectivity index (χ0n) is 21.1. The Morgan fingerprint density at radius 2 is 1.78 bits per heavy atom. The molecule has 0 saturated carbocycles. The highest BCUT2D eigenvalue weighted by atomic mass is 19.1. The molecule has 0 bridgehead atoms. The number of piperazine rings is 1. The molecule has 2 aliphatic heterocycles. The molecule has 2 heterocycles. The summed E-state index contributed by atoms with van der Waals surface area (Å²) in [5, 5.41) is 0. The van der Waals surface area contributed by atoms with Gasteiger partial charge in [0.2, 0.25) is 17.7 Å². The molecule has 1 atom stereocenters. The molecule has 192 valence electrons. The average molecular weight is 497 g/mol. The first-order valence-electron chi connectivity index (χ1n) is 12.2. The molecule has 3 amide bonds. The molecular formula is C27H33FN4O4. The second-order valence-electron chi connectivity index (χ2n) is 9.64. The second-order valence-corrected chi connectivity index (χ2v) is 9.64. The first-order chi connectivity index (χ1) is 17.2. The predicted molar refractivity (Wildman–Crippen MR) is 134 cm³/mol. The van der Waals surface area contributed by atoms with Crippen LogP contribution in [-0.2, 0) is 19.8 Å². The summed E-state index contributed by atoms with van der Waals surface area (Å²) in [5.41, 5.74) is -0.0619. The third-order valence-corrected chi connectivity index (χ3v) is 7.07. The number of para-hydroxylation sites is 2. The van der Waals surface area contributed by atoms with Gasteiger partial charge in [0, 0.05) is 52.1 Å². The van der Waals surface area contributed by atoms with Gasteiger partial charge >= 0.3 is 0 Å². The van der Waals surface area contributed by atoms with Crippen molar-refractivity contribution in [3.8, 4) is 5.75 Å². The van der Waals surface area contributed by atoms with Gasteiger partial charge in [0.1, 0.15) is 11.6 Å². The van der Waals surface area contributed by atoms with Crippen LogP contribution in [0.5, 0.6) is 5.75 Å². The molecule has 2 saturated heterocycles. The molecule has 2 fully saturated rings. The van der Waals surface area contributed by atoms with Crippen LogP contribution in [0, 0.1) is 5.82 Å². The number of likely N-dealkylation sites (tertiary alicyclic amines) is 1. The van der Waals surface area contributed by atoms with E-state index in [0.717, 1.165) is 11.4 Å². The van der Waals surface area contributed by atoms with Crippen LogP contribution in [0.25, 0.3) is 0 Å². The van der Waals surface area contributed by atoms with E-state index in [0.29, 0.717) is 38.3 Å². The minimum atomic E-state index is -1.40. The molecular weight excluding hydrogens is 463 g/mol. The number of imide groups is 1. The van der Waals surface area contributed by atoms with Crippen LogP contribution in [0.4, 0.5) is 10.1 Å². The molecule has 0 aliphatic carbocycles. The van der Waals surface area contributed by atoms with E-state index >= 15 is 0 Å². The summed E-state index contributed by atoms with van der Waals surface area (Å²) in [7, 11) is 5.35. The molecule has 2 aromatic rings. The van der Waals surface area contributed by atoms with Crippen molar-refractivity contribution in [2.75, 3.05) is 65.4 Å². The Labute approximate surface area is 211 Å². The van der Waals surface area contributed by atoms with E-state index in [1.165, 1.54) is 23.1 Å². The second kappa shape index (κ2) is 10.7. The summed E-state index contributed by atoms with van der Waals surface area (Å²) in [6.45, 7) is 2.91. The van der Waals surface area contributed by atoms with E-state index in [4.69, 9.17) is 4.74 Å². The smallest absolute Gasteiger partial charge is 0.240 e. The van der Waals surface area contributed by atoms with E-state index in [2.05, 4.69) is 4.90 Å². The fraction of sp³-hybridized carbons (Fsp3) is 0.444. The first kappa shape index (κ1) is 25.6. The number of carbonyl (C=O) groups is 3. The SMILES string of the molecule is COc1ccccc1N1CCN(C(=O)CC2(c3cccc(F)c3)CC(=O)N(CCN(C)C)C2=O)CC1. The lowest BCUT2D eigenvalue weighted by atomic mass is 9.75. The fourth-order valence-electron chi connectivity index (χ4n) is 5.04. The van der Waals surface area contributed by atoms with Gasteiger partial charge in [0.05, 0.1) is 18.2 Å². The third-order valence-electron chi connectivity index (χ3n) is 7.07. The van der Waals surface area contributed by atoms with Gasteiger partial charge in [-0.3, -0.25) is 19.3 Å². The van der Waals surface area contributed by atoms with E-state index in [-0.39, 0.29) is 31.2 Å². The van der Waals surface area contributed by atoms with Crippen molar-refractivity contribution in [3.05, 3.63) is 59.9 Å².